The van der Waals surface area contributed by atoms with Crippen molar-refractivity contribution in [3.63, 3.8) is 0 Å². The van der Waals surface area contributed by atoms with Crippen molar-refractivity contribution in [1.82, 2.24) is 4.90 Å². The number of carbonyl (C=O) groups excluding carboxylic acids is 2. The van der Waals surface area contributed by atoms with Gasteiger partial charge in [-0.15, -0.1) is 0 Å². The second-order valence-electron chi connectivity index (χ2n) is 7.98. The predicted octanol–water partition coefficient (Wildman–Crippen LogP) is 4.28. The van der Waals surface area contributed by atoms with Gasteiger partial charge in [0.15, 0.2) is 0 Å². The monoisotopic (exact) mass is 346 g/mol. The number of likely N-dealkylation sites (tertiary alicyclic amines) is 1. The number of benzene rings is 1. The highest BCUT2D eigenvalue weighted by atomic mass is 16.6. The predicted molar refractivity (Wildman–Crippen MR) is 99.7 cm³/mol. The fraction of sp³-hybridized carbons (Fsp3) is 0.600. The molecule has 0 saturated carbocycles. The topological polar surface area (TPSA) is 58.6 Å². The van der Waals surface area contributed by atoms with Crippen LogP contribution in [0.5, 0.6) is 0 Å². The summed E-state index contributed by atoms with van der Waals surface area (Å²) in [5.41, 5.74) is 2.61. The molecular weight excluding hydrogens is 316 g/mol. The maximum absolute atomic E-state index is 12.3. The number of aryl methyl sites for hydroxylation is 2. The van der Waals surface area contributed by atoms with Gasteiger partial charge in [-0.25, -0.2) is 4.79 Å². The van der Waals surface area contributed by atoms with Gasteiger partial charge in [0.25, 0.3) is 0 Å². The molecule has 25 heavy (non-hydrogen) atoms. The molecule has 2 amide bonds. The van der Waals surface area contributed by atoms with Gasteiger partial charge in [-0.05, 0) is 70.6 Å². The minimum Gasteiger partial charge on any atom is -0.444 e. The van der Waals surface area contributed by atoms with Crippen LogP contribution in [0.1, 0.15) is 51.2 Å². The van der Waals surface area contributed by atoms with E-state index in [2.05, 4.69) is 5.32 Å². The molecule has 1 N–H and O–H groups in total. The number of nitrogens with zero attached hydrogens (tertiary/aromatic N) is 1. The van der Waals surface area contributed by atoms with Gasteiger partial charge >= 0.3 is 6.09 Å². The molecule has 2 rings (SSSR count). The Hall–Kier alpha value is -2.04. The van der Waals surface area contributed by atoms with E-state index >= 15 is 0 Å². The lowest BCUT2D eigenvalue weighted by molar-refractivity contribution is -0.117. The Morgan fingerprint density at radius 1 is 1.20 bits per heavy atom. The first-order valence-corrected chi connectivity index (χ1v) is 8.99. The zero-order valence-electron chi connectivity index (χ0n) is 16.0. The average Bonchev–Trinajstić information content (AvgIpc) is 2.50. The van der Waals surface area contributed by atoms with Gasteiger partial charge in [0.05, 0.1) is 0 Å². The summed E-state index contributed by atoms with van der Waals surface area (Å²) < 4.78 is 5.40. The highest BCUT2D eigenvalue weighted by molar-refractivity contribution is 5.91. The van der Waals surface area contributed by atoms with Crippen LogP contribution < -0.4 is 5.32 Å². The van der Waals surface area contributed by atoms with Crippen molar-refractivity contribution in [1.29, 1.82) is 0 Å². The van der Waals surface area contributed by atoms with Gasteiger partial charge in [-0.3, -0.25) is 4.79 Å². The van der Waals surface area contributed by atoms with E-state index in [0.29, 0.717) is 25.4 Å². The van der Waals surface area contributed by atoms with Crippen LogP contribution >= 0.6 is 0 Å². The second-order valence-corrected chi connectivity index (χ2v) is 7.98. The van der Waals surface area contributed by atoms with Crippen LogP contribution in [0.15, 0.2) is 18.2 Å². The smallest absolute Gasteiger partial charge is 0.410 e. The SMILES string of the molecule is Cc1ccc(C)c(NC(=O)CC2CCN(C(=O)OC(C)(C)C)CC2)c1. The van der Waals surface area contributed by atoms with Crippen LogP contribution in [-0.4, -0.2) is 35.6 Å². The Labute approximate surface area is 150 Å². The number of piperidine rings is 1. The van der Waals surface area contributed by atoms with E-state index in [-0.39, 0.29) is 12.0 Å². The first-order valence-electron chi connectivity index (χ1n) is 8.99. The van der Waals surface area contributed by atoms with Crippen molar-refractivity contribution in [3.05, 3.63) is 29.3 Å². The molecule has 0 spiro atoms. The van der Waals surface area contributed by atoms with Crippen molar-refractivity contribution in [3.8, 4) is 0 Å². The summed E-state index contributed by atoms with van der Waals surface area (Å²) in [4.78, 5) is 26.1. The number of ether oxygens (including phenoxy) is 1. The molecule has 1 aromatic carbocycles. The molecule has 0 radical (unpaired) electrons. The Morgan fingerprint density at radius 2 is 1.84 bits per heavy atom. The number of anilines is 1. The molecule has 5 heteroatoms. The zero-order chi connectivity index (χ0) is 18.6. The number of hydrogen-bond donors (Lipinski definition) is 1. The van der Waals surface area contributed by atoms with Gasteiger partial charge in [0, 0.05) is 25.2 Å². The van der Waals surface area contributed by atoms with Gasteiger partial charge in [-0.2, -0.15) is 0 Å². The zero-order valence-corrected chi connectivity index (χ0v) is 16.0. The standard InChI is InChI=1S/C20H30N2O3/c1-14-6-7-15(2)17(12-14)21-18(23)13-16-8-10-22(11-9-16)19(24)25-20(3,4)5/h6-7,12,16H,8-11,13H2,1-5H3,(H,21,23). The van der Waals surface area contributed by atoms with Crippen LogP contribution in [0.25, 0.3) is 0 Å². The summed E-state index contributed by atoms with van der Waals surface area (Å²) in [5.74, 6) is 0.355. The minimum absolute atomic E-state index is 0.0458. The van der Waals surface area contributed by atoms with Crippen LogP contribution in [0.4, 0.5) is 10.5 Å². The summed E-state index contributed by atoms with van der Waals surface area (Å²) in [5, 5.41) is 3.02. The van der Waals surface area contributed by atoms with Crippen LogP contribution in [0.2, 0.25) is 0 Å². The summed E-state index contributed by atoms with van der Waals surface area (Å²) in [6, 6.07) is 6.06. The van der Waals surface area contributed by atoms with E-state index in [1.165, 1.54) is 0 Å². The van der Waals surface area contributed by atoms with Crippen molar-refractivity contribution >= 4 is 17.7 Å². The Morgan fingerprint density at radius 3 is 2.44 bits per heavy atom. The van der Waals surface area contributed by atoms with Crippen molar-refractivity contribution in [2.75, 3.05) is 18.4 Å². The van der Waals surface area contributed by atoms with Gasteiger partial charge < -0.3 is 15.0 Å². The lowest BCUT2D eigenvalue weighted by Gasteiger charge is -2.33. The second kappa shape index (κ2) is 7.89. The Bertz CT molecular complexity index is 626. The molecule has 0 unspecified atom stereocenters. The van der Waals surface area contributed by atoms with Crippen molar-refractivity contribution in [2.45, 2.75) is 59.5 Å². The quantitative estimate of drug-likeness (QED) is 0.889. The molecule has 0 bridgehead atoms. The van der Waals surface area contributed by atoms with Crippen LogP contribution in [0, 0.1) is 19.8 Å². The molecule has 1 aliphatic rings. The summed E-state index contributed by atoms with van der Waals surface area (Å²) in [7, 11) is 0. The number of amides is 2. The van der Waals surface area contributed by atoms with E-state index < -0.39 is 5.60 Å². The fourth-order valence-electron chi connectivity index (χ4n) is 2.98. The summed E-state index contributed by atoms with van der Waals surface area (Å²) >= 11 is 0. The molecule has 1 aliphatic heterocycles. The van der Waals surface area contributed by atoms with E-state index in [4.69, 9.17) is 4.74 Å². The number of hydrogen-bond acceptors (Lipinski definition) is 3. The van der Waals surface area contributed by atoms with Gasteiger partial charge in [-0.1, -0.05) is 12.1 Å². The van der Waals surface area contributed by atoms with E-state index in [1.54, 1.807) is 4.90 Å². The molecule has 0 aliphatic carbocycles. The fourth-order valence-corrected chi connectivity index (χ4v) is 2.98. The maximum atomic E-state index is 12.3. The molecule has 0 atom stereocenters. The normalized spacial score (nSPS) is 15.8. The summed E-state index contributed by atoms with van der Waals surface area (Å²) in [6.07, 6.45) is 1.90. The Kier molecular flexibility index (Phi) is 6.09. The van der Waals surface area contributed by atoms with E-state index in [0.717, 1.165) is 29.7 Å². The van der Waals surface area contributed by atoms with E-state index in [1.807, 2.05) is 52.8 Å². The lowest BCUT2D eigenvalue weighted by atomic mass is 9.93. The van der Waals surface area contributed by atoms with Gasteiger partial charge in [0.1, 0.15) is 5.60 Å². The largest absolute Gasteiger partial charge is 0.444 e. The lowest BCUT2D eigenvalue weighted by Crippen LogP contribution is -2.42. The first-order chi connectivity index (χ1) is 11.6. The highest BCUT2D eigenvalue weighted by Gasteiger charge is 2.27. The highest BCUT2D eigenvalue weighted by Crippen LogP contribution is 2.23. The molecule has 1 fully saturated rings. The molecule has 1 aromatic rings. The molecule has 1 heterocycles. The molecule has 0 aromatic heterocycles. The third kappa shape index (κ3) is 6.07. The minimum atomic E-state index is -0.473. The molecule has 1 saturated heterocycles. The average molecular weight is 346 g/mol. The van der Waals surface area contributed by atoms with Crippen molar-refractivity contribution in [2.24, 2.45) is 5.92 Å². The third-order valence-corrected chi connectivity index (χ3v) is 4.41. The molecular formula is C20H30N2O3. The maximum Gasteiger partial charge on any atom is 0.410 e. The molecule has 138 valence electrons. The number of rotatable bonds is 3. The van der Waals surface area contributed by atoms with E-state index in [9.17, 15) is 9.59 Å². The van der Waals surface area contributed by atoms with Crippen molar-refractivity contribution < 1.29 is 14.3 Å². The number of carbonyl (C=O) groups is 2. The van der Waals surface area contributed by atoms with Crippen LogP contribution in [-0.2, 0) is 9.53 Å². The van der Waals surface area contributed by atoms with Crippen LogP contribution in [0.3, 0.4) is 0 Å². The molecule has 5 nitrogen and oxygen atoms in total. The number of nitrogens with one attached hydrogen (secondary N) is 1. The van der Waals surface area contributed by atoms with Gasteiger partial charge in [0.2, 0.25) is 5.91 Å². The summed E-state index contributed by atoms with van der Waals surface area (Å²) in [6.45, 7) is 10.9. The first kappa shape index (κ1) is 19.3. The third-order valence-electron chi connectivity index (χ3n) is 4.41. The Balaban J connectivity index is 1.80.